The van der Waals surface area contributed by atoms with Crippen molar-refractivity contribution in [1.82, 2.24) is 19.6 Å². The van der Waals surface area contributed by atoms with E-state index in [9.17, 15) is 13.2 Å². The second-order valence-electron chi connectivity index (χ2n) is 5.18. The first-order chi connectivity index (χ1) is 10.9. The fraction of sp³-hybridized carbons (Fsp3) is 0.133. The maximum Gasteiger partial charge on any atom is 0.254 e. The maximum atomic E-state index is 13.9. The largest absolute Gasteiger partial charge is 0.383 e. The molecule has 0 spiro atoms. The number of nitrogen functional groups attached to an aromatic ring is 1. The molecule has 0 saturated carbocycles. The topological polar surface area (TPSA) is 69.1 Å². The smallest absolute Gasteiger partial charge is 0.254 e. The van der Waals surface area contributed by atoms with Gasteiger partial charge in [-0.05, 0) is 6.92 Å². The van der Waals surface area contributed by atoms with Crippen molar-refractivity contribution in [1.29, 1.82) is 0 Å². The Balaban J connectivity index is 2.20. The molecular weight excluding hydrogens is 307 g/mol. The van der Waals surface area contributed by atoms with Gasteiger partial charge in [0.1, 0.15) is 23.3 Å². The summed E-state index contributed by atoms with van der Waals surface area (Å²) < 4.78 is 42.1. The van der Waals surface area contributed by atoms with Crippen molar-refractivity contribution < 1.29 is 13.2 Å². The molecule has 0 radical (unpaired) electrons. The summed E-state index contributed by atoms with van der Waals surface area (Å²) in [4.78, 5) is 8.16. The molecule has 118 valence electrons. The van der Waals surface area contributed by atoms with Crippen LogP contribution in [0.1, 0.15) is 12.7 Å². The Kier molecular flexibility index (Phi) is 3.51. The second kappa shape index (κ2) is 5.38. The zero-order valence-corrected chi connectivity index (χ0v) is 12.1. The van der Waals surface area contributed by atoms with E-state index in [0.717, 1.165) is 5.57 Å². The summed E-state index contributed by atoms with van der Waals surface area (Å²) in [6.07, 6.45) is 1.61. The third-order valence-corrected chi connectivity index (χ3v) is 3.18. The molecule has 2 aromatic heterocycles. The number of anilines is 1. The van der Waals surface area contributed by atoms with Crippen LogP contribution >= 0.6 is 0 Å². The summed E-state index contributed by atoms with van der Waals surface area (Å²) >= 11 is 0. The molecule has 0 unspecified atom stereocenters. The number of hydrogen-bond acceptors (Lipinski definition) is 4. The van der Waals surface area contributed by atoms with Gasteiger partial charge in [-0.1, -0.05) is 12.2 Å². The number of rotatable bonds is 3. The lowest BCUT2D eigenvalue weighted by molar-refractivity contribution is 0.548. The van der Waals surface area contributed by atoms with Gasteiger partial charge in [0, 0.05) is 30.3 Å². The number of fused-ring (bicyclic) bond motifs is 1. The van der Waals surface area contributed by atoms with Crippen LogP contribution in [0.15, 0.2) is 30.5 Å². The number of halogens is 3. The van der Waals surface area contributed by atoms with Crippen LogP contribution in [0.2, 0.25) is 0 Å². The van der Waals surface area contributed by atoms with Gasteiger partial charge in [0.15, 0.2) is 5.82 Å². The number of allylic oxidation sites excluding steroid dienone is 1. The van der Waals surface area contributed by atoms with E-state index < -0.39 is 23.0 Å². The van der Waals surface area contributed by atoms with Crippen LogP contribution in [-0.4, -0.2) is 19.6 Å². The summed E-state index contributed by atoms with van der Waals surface area (Å²) in [5.41, 5.74) is 6.29. The lowest BCUT2D eigenvalue weighted by atomic mass is 10.1. The lowest BCUT2D eigenvalue weighted by Gasteiger charge is -2.08. The minimum Gasteiger partial charge on any atom is -0.383 e. The average molecular weight is 319 g/mol. The summed E-state index contributed by atoms with van der Waals surface area (Å²) in [5.74, 6) is -2.56. The molecule has 0 fully saturated rings. The molecule has 0 aliphatic heterocycles. The van der Waals surface area contributed by atoms with E-state index in [2.05, 4.69) is 21.6 Å². The Morgan fingerprint density at radius 3 is 2.52 bits per heavy atom. The molecule has 2 heterocycles. The molecule has 0 saturated heterocycles. The SMILES string of the molecule is C=C(C)Cc1nc2ncc(-c3c(F)cc(F)cc3F)c(N)n2n1. The Hall–Kier alpha value is -2.90. The first kappa shape index (κ1) is 15.0. The van der Waals surface area contributed by atoms with E-state index in [0.29, 0.717) is 24.4 Å². The molecule has 3 rings (SSSR count). The number of benzene rings is 1. The molecule has 0 amide bonds. The standard InChI is InChI=1S/C15H12F3N5/c1-7(2)3-12-21-15-20-6-9(14(19)23(15)22-12)13-10(17)4-8(16)5-11(13)18/h4-6H,1,3,19H2,2H3. The molecule has 5 nitrogen and oxygen atoms in total. The van der Waals surface area contributed by atoms with E-state index in [1.807, 2.05) is 6.92 Å². The third kappa shape index (κ3) is 2.63. The highest BCUT2D eigenvalue weighted by atomic mass is 19.1. The van der Waals surface area contributed by atoms with Gasteiger partial charge in [0.05, 0.1) is 5.56 Å². The van der Waals surface area contributed by atoms with Crippen molar-refractivity contribution in [3.8, 4) is 11.1 Å². The zero-order valence-electron chi connectivity index (χ0n) is 12.1. The molecular formula is C15H12F3N5. The Labute approximate surface area is 129 Å². The van der Waals surface area contributed by atoms with E-state index in [1.165, 1.54) is 10.7 Å². The van der Waals surface area contributed by atoms with Crippen LogP contribution in [0.3, 0.4) is 0 Å². The van der Waals surface area contributed by atoms with Crippen molar-refractivity contribution in [3.63, 3.8) is 0 Å². The van der Waals surface area contributed by atoms with Crippen molar-refractivity contribution in [2.24, 2.45) is 0 Å². The highest BCUT2D eigenvalue weighted by molar-refractivity contribution is 5.75. The molecule has 1 aromatic carbocycles. The monoisotopic (exact) mass is 319 g/mol. The summed E-state index contributed by atoms with van der Waals surface area (Å²) in [5, 5.41) is 4.15. The van der Waals surface area contributed by atoms with Gasteiger partial charge < -0.3 is 5.73 Å². The Morgan fingerprint density at radius 2 is 1.91 bits per heavy atom. The van der Waals surface area contributed by atoms with Gasteiger partial charge in [-0.3, -0.25) is 0 Å². The molecule has 0 bridgehead atoms. The summed E-state index contributed by atoms with van der Waals surface area (Å²) in [6, 6.07) is 1.16. The van der Waals surface area contributed by atoms with E-state index in [1.54, 1.807) is 0 Å². The van der Waals surface area contributed by atoms with Gasteiger partial charge in [-0.15, -0.1) is 5.10 Å². The van der Waals surface area contributed by atoms with Crippen LogP contribution in [0.4, 0.5) is 19.0 Å². The van der Waals surface area contributed by atoms with Gasteiger partial charge in [-0.2, -0.15) is 9.50 Å². The average Bonchev–Trinajstić information content (AvgIpc) is 2.82. The van der Waals surface area contributed by atoms with Gasteiger partial charge in [-0.25, -0.2) is 18.2 Å². The molecule has 2 N–H and O–H groups in total. The van der Waals surface area contributed by atoms with Crippen LogP contribution < -0.4 is 5.73 Å². The normalized spacial score (nSPS) is 11.1. The Morgan fingerprint density at radius 1 is 1.26 bits per heavy atom. The number of nitrogens with two attached hydrogens (primary N) is 1. The molecule has 0 aliphatic rings. The first-order valence-electron chi connectivity index (χ1n) is 6.66. The van der Waals surface area contributed by atoms with Crippen molar-refractivity contribution >= 4 is 11.6 Å². The first-order valence-corrected chi connectivity index (χ1v) is 6.66. The fourth-order valence-electron chi connectivity index (χ4n) is 2.23. The third-order valence-electron chi connectivity index (χ3n) is 3.18. The number of hydrogen-bond donors (Lipinski definition) is 1. The van der Waals surface area contributed by atoms with Crippen LogP contribution in [0.25, 0.3) is 16.9 Å². The molecule has 3 aromatic rings. The predicted molar refractivity (Wildman–Crippen MR) is 79.0 cm³/mol. The minimum atomic E-state index is -1.07. The fourth-order valence-corrected chi connectivity index (χ4v) is 2.23. The van der Waals surface area contributed by atoms with Crippen LogP contribution in [0, 0.1) is 17.5 Å². The van der Waals surface area contributed by atoms with Gasteiger partial charge >= 0.3 is 0 Å². The van der Waals surface area contributed by atoms with Crippen molar-refractivity contribution in [2.45, 2.75) is 13.3 Å². The minimum absolute atomic E-state index is 0.0284. The highest BCUT2D eigenvalue weighted by Gasteiger charge is 2.19. The zero-order chi connectivity index (χ0) is 16.7. The quantitative estimate of drug-likeness (QED) is 0.754. The van der Waals surface area contributed by atoms with Crippen LogP contribution in [0.5, 0.6) is 0 Å². The molecule has 0 atom stereocenters. The molecule has 0 aliphatic carbocycles. The summed E-state index contributed by atoms with van der Waals surface area (Å²) in [7, 11) is 0. The van der Waals surface area contributed by atoms with Crippen LogP contribution in [-0.2, 0) is 6.42 Å². The van der Waals surface area contributed by atoms with E-state index in [4.69, 9.17) is 5.73 Å². The Bertz CT molecular complexity index is 909. The van der Waals surface area contributed by atoms with Crippen molar-refractivity contribution in [2.75, 3.05) is 5.73 Å². The van der Waals surface area contributed by atoms with Gasteiger partial charge in [0.2, 0.25) is 0 Å². The van der Waals surface area contributed by atoms with E-state index >= 15 is 0 Å². The maximum absolute atomic E-state index is 13.9. The van der Waals surface area contributed by atoms with Gasteiger partial charge in [0.25, 0.3) is 5.78 Å². The lowest BCUT2D eigenvalue weighted by Crippen LogP contribution is -2.05. The number of aromatic nitrogens is 4. The molecule has 8 heteroatoms. The summed E-state index contributed by atoms with van der Waals surface area (Å²) in [6.45, 7) is 5.58. The predicted octanol–water partition coefficient (Wildman–Crippen LogP) is 2.91. The number of nitrogens with zero attached hydrogens (tertiary/aromatic N) is 4. The van der Waals surface area contributed by atoms with E-state index in [-0.39, 0.29) is 17.2 Å². The molecule has 23 heavy (non-hydrogen) atoms. The second-order valence-corrected chi connectivity index (χ2v) is 5.18. The van der Waals surface area contributed by atoms with Crippen molar-refractivity contribution in [3.05, 3.63) is 53.8 Å². The highest BCUT2D eigenvalue weighted by Crippen LogP contribution is 2.30.